The average Bonchev–Trinajstić information content (AvgIpc) is 3.12. The molecule has 2 aromatic carbocycles. The molecule has 7 heteroatoms. The van der Waals surface area contributed by atoms with Gasteiger partial charge in [-0.2, -0.15) is 0 Å². The highest BCUT2D eigenvalue weighted by molar-refractivity contribution is 7.80. The van der Waals surface area contributed by atoms with Crippen molar-refractivity contribution in [2.24, 2.45) is 0 Å². The van der Waals surface area contributed by atoms with Crippen molar-refractivity contribution < 1.29 is 13.6 Å². The van der Waals surface area contributed by atoms with Crippen molar-refractivity contribution in [2.45, 2.75) is 0 Å². The Bertz CT molecular complexity index is 1160. The maximum Gasteiger partial charge on any atom is 0.336 e. The van der Waals surface area contributed by atoms with Gasteiger partial charge in [0.2, 0.25) is 5.75 Å². The summed E-state index contributed by atoms with van der Waals surface area (Å²) < 4.78 is 16.3. The van der Waals surface area contributed by atoms with Crippen molar-refractivity contribution in [3.63, 3.8) is 0 Å². The van der Waals surface area contributed by atoms with Crippen LogP contribution in [0.25, 0.3) is 21.9 Å². The monoisotopic (exact) mass is 366 g/mol. The second-order valence-electron chi connectivity index (χ2n) is 5.51. The number of ether oxygens (including phenoxy) is 1. The van der Waals surface area contributed by atoms with Gasteiger partial charge >= 0.3 is 5.63 Å². The number of rotatable bonds is 3. The van der Waals surface area contributed by atoms with E-state index in [1.54, 1.807) is 18.4 Å². The standard InChI is InChI=1S/C19H14N2O4S/c1-23-18-16-13(9-10-24-16)15(12-7-8-14(22)25-17(12)18)21-19(26)20-11-5-3-2-4-6-11/h2-10H,1H3,(H2,20,21,26). The summed E-state index contributed by atoms with van der Waals surface area (Å²) in [5, 5.41) is 8.12. The molecular weight excluding hydrogens is 352 g/mol. The zero-order valence-electron chi connectivity index (χ0n) is 13.7. The van der Waals surface area contributed by atoms with Crippen LogP contribution >= 0.6 is 12.2 Å². The molecule has 2 heterocycles. The van der Waals surface area contributed by atoms with Gasteiger partial charge < -0.3 is 24.2 Å². The van der Waals surface area contributed by atoms with Gasteiger partial charge in [0.1, 0.15) is 0 Å². The van der Waals surface area contributed by atoms with Crippen molar-refractivity contribution >= 4 is 50.6 Å². The number of methoxy groups -OCH3 is 1. The number of para-hydroxylation sites is 1. The number of thiocarbonyl (C=S) groups is 1. The smallest absolute Gasteiger partial charge is 0.336 e. The molecule has 0 saturated carbocycles. The topological polar surface area (TPSA) is 76.6 Å². The van der Waals surface area contributed by atoms with Gasteiger partial charge in [-0.3, -0.25) is 0 Å². The molecule has 0 radical (unpaired) electrons. The van der Waals surface area contributed by atoms with Crippen LogP contribution in [0.2, 0.25) is 0 Å². The van der Waals surface area contributed by atoms with Gasteiger partial charge in [-0.15, -0.1) is 0 Å². The van der Waals surface area contributed by atoms with Crippen molar-refractivity contribution in [3.05, 3.63) is 65.2 Å². The minimum absolute atomic E-state index is 0.299. The number of benzene rings is 2. The van der Waals surface area contributed by atoms with Crippen molar-refractivity contribution in [1.82, 2.24) is 0 Å². The zero-order valence-corrected chi connectivity index (χ0v) is 14.6. The van der Waals surface area contributed by atoms with Crippen molar-refractivity contribution in [3.8, 4) is 5.75 Å². The van der Waals surface area contributed by atoms with E-state index in [9.17, 15) is 4.79 Å². The SMILES string of the molecule is COc1c2occc2c(NC(=S)Nc2ccccc2)c2ccc(=O)oc12. The molecule has 0 spiro atoms. The Morgan fingerprint density at radius 2 is 1.77 bits per heavy atom. The summed E-state index contributed by atoms with van der Waals surface area (Å²) in [7, 11) is 1.50. The van der Waals surface area contributed by atoms with Crippen molar-refractivity contribution in [1.29, 1.82) is 0 Å². The molecule has 2 aromatic heterocycles. The van der Waals surface area contributed by atoms with Gasteiger partial charge in [-0.25, -0.2) is 4.79 Å². The van der Waals surface area contributed by atoms with E-state index < -0.39 is 5.63 Å². The van der Waals surface area contributed by atoms with Crippen LogP contribution in [0.4, 0.5) is 11.4 Å². The third-order valence-corrected chi connectivity index (χ3v) is 4.13. The molecular formula is C19H14N2O4S. The molecule has 2 N–H and O–H groups in total. The fourth-order valence-corrected chi connectivity index (χ4v) is 3.05. The summed E-state index contributed by atoms with van der Waals surface area (Å²) in [6.45, 7) is 0. The Balaban J connectivity index is 1.84. The first-order valence-electron chi connectivity index (χ1n) is 7.81. The quantitative estimate of drug-likeness (QED) is 0.412. The van der Waals surface area contributed by atoms with Gasteiger partial charge in [-0.05, 0) is 36.5 Å². The van der Waals surface area contributed by atoms with E-state index in [2.05, 4.69) is 10.6 Å². The van der Waals surface area contributed by atoms with Crippen LogP contribution in [0.5, 0.6) is 5.75 Å². The first kappa shape index (κ1) is 16.2. The second kappa shape index (κ2) is 6.53. The third-order valence-electron chi connectivity index (χ3n) is 3.92. The van der Waals surface area contributed by atoms with E-state index >= 15 is 0 Å². The number of nitrogens with one attached hydrogen (secondary N) is 2. The van der Waals surface area contributed by atoms with Gasteiger partial charge in [0.15, 0.2) is 16.3 Å². The minimum atomic E-state index is -0.474. The molecule has 0 fully saturated rings. The Labute approximate surface area is 153 Å². The Hall–Kier alpha value is -3.32. The van der Waals surface area contributed by atoms with Crippen LogP contribution in [0, 0.1) is 0 Å². The Morgan fingerprint density at radius 1 is 1.00 bits per heavy atom. The highest BCUT2D eigenvalue weighted by Crippen LogP contribution is 2.41. The third kappa shape index (κ3) is 2.78. The molecule has 4 aromatic rings. The number of fused-ring (bicyclic) bond motifs is 2. The summed E-state index contributed by atoms with van der Waals surface area (Å²) in [4.78, 5) is 11.7. The van der Waals surface area contributed by atoms with E-state index in [0.717, 1.165) is 11.1 Å². The summed E-state index contributed by atoms with van der Waals surface area (Å²) in [5.41, 5.74) is 1.82. The molecule has 0 amide bonds. The largest absolute Gasteiger partial charge is 0.490 e. The molecule has 130 valence electrons. The van der Waals surface area contributed by atoms with Gasteiger partial charge in [0.05, 0.1) is 19.1 Å². The van der Waals surface area contributed by atoms with Crippen LogP contribution in [0.3, 0.4) is 0 Å². The molecule has 0 saturated heterocycles. The first-order valence-corrected chi connectivity index (χ1v) is 8.22. The van der Waals surface area contributed by atoms with E-state index in [-0.39, 0.29) is 0 Å². The molecule has 0 aliphatic rings. The predicted molar refractivity (Wildman–Crippen MR) is 105 cm³/mol. The number of furan rings is 1. The molecule has 4 rings (SSSR count). The fourth-order valence-electron chi connectivity index (χ4n) is 2.83. The lowest BCUT2D eigenvalue weighted by Gasteiger charge is -2.14. The molecule has 0 atom stereocenters. The molecule has 6 nitrogen and oxygen atoms in total. The van der Waals surface area contributed by atoms with E-state index in [4.69, 9.17) is 25.8 Å². The Kier molecular flexibility index (Phi) is 4.06. The lowest BCUT2D eigenvalue weighted by atomic mass is 10.1. The Morgan fingerprint density at radius 3 is 2.54 bits per heavy atom. The molecule has 0 bridgehead atoms. The van der Waals surface area contributed by atoms with Gasteiger partial charge in [0.25, 0.3) is 0 Å². The summed E-state index contributed by atoms with van der Waals surface area (Å²) in [6.07, 6.45) is 1.54. The summed E-state index contributed by atoms with van der Waals surface area (Å²) in [6, 6.07) is 14.4. The number of hydrogen-bond acceptors (Lipinski definition) is 5. The van der Waals surface area contributed by atoms with Crippen LogP contribution < -0.4 is 21.0 Å². The van der Waals surface area contributed by atoms with Crippen LogP contribution in [-0.2, 0) is 0 Å². The van der Waals surface area contributed by atoms with Crippen LogP contribution in [0.15, 0.2) is 68.4 Å². The number of hydrogen-bond donors (Lipinski definition) is 2. The fraction of sp³-hybridized carbons (Fsp3) is 0.0526. The minimum Gasteiger partial charge on any atom is -0.490 e. The summed E-state index contributed by atoms with van der Waals surface area (Å²) >= 11 is 5.43. The lowest BCUT2D eigenvalue weighted by Crippen LogP contribution is -2.19. The van der Waals surface area contributed by atoms with Crippen molar-refractivity contribution in [2.75, 3.05) is 17.7 Å². The molecule has 26 heavy (non-hydrogen) atoms. The predicted octanol–water partition coefficient (Wildman–Crippen LogP) is 4.36. The van der Waals surface area contributed by atoms with E-state index in [1.165, 1.54) is 13.2 Å². The maximum atomic E-state index is 11.7. The lowest BCUT2D eigenvalue weighted by molar-refractivity contribution is 0.403. The zero-order chi connectivity index (χ0) is 18.1. The normalized spacial score (nSPS) is 10.8. The molecule has 0 aliphatic heterocycles. The van der Waals surface area contributed by atoms with Crippen LogP contribution in [0.1, 0.15) is 0 Å². The first-order chi connectivity index (χ1) is 12.7. The number of anilines is 2. The van der Waals surface area contributed by atoms with E-state index in [1.807, 2.05) is 30.3 Å². The second-order valence-corrected chi connectivity index (χ2v) is 5.92. The highest BCUT2D eigenvalue weighted by Gasteiger charge is 2.20. The van der Waals surface area contributed by atoms with Gasteiger partial charge in [0, 0.05) is 22.5 Å². The molecule has 0 unspecified atom stereocenters. The molecule has 0 aliphatic carbocycles. The van der Waals surface area contributed by atoms with Crippen LogP contribution in [-0.4, -0.2) is 12.2 Å². The van der Waals surface area contributed by atoms with Gasteiger partial charge in [-0.1, -0.05) is 18.2 Å². The van der Waals surface area contributed by atoms with E-state index in [0.29, 0.717) is 33.1 Å². The highest BCUT2D eigenvalue weighted by atomic mass is 32.1. The maximum absolute atomic E-state index is 11.7. The average molecular weight is 366 g/mol. The summed E-state index contributed by atoms with van der Waals surface area (Å²) in [5.74, 6) is 0.366.